The van der Waals surface area contributed by atoms with E-state index in [4.69, 9.17) is 27.1 Å². The first-order valence-electron chi connectivity index (χ1n) is 11.7. The maximum Gasteiger partial charge on any atom is 0.260 e. The number of aromatic nitrogens is 2. The van der Waals surface area contributed by atoms with Crippen LogP contribution in [0.15, 0.2) is 81.7 Å². The number of carbonyl (C=O) groups excluding carboxylic acids is 1. The first-order valence-corrected chi connectivity index (χ1v) is 13.0. The van der Waals surface area contributed by atoms with Crippen molar-refractivity contribution in [1.29, 1.82) is 0 Å². The van der Waals surface area contributed by atoms with Crippen molar-refractivity contribution in [2.75, 3.05) is 12.4 Å². The first kappa shape index (κ1) is 25.6. The standard InChI is InChI=1S/C28H24ClN5O3S/c1-14-8-4-6-10-18(14)33-28-22(27(36)32-20-12-15(2)17(29)13-21(20)37-3)23(30)24(38-28)25-31-19-11-7-5-9-16(19)26(35)34-25/h4-13,24H,30H2,1-3H3,(H,32,36)(H,31,34,35)/t24-/m0/s1. The molecule has 4 aromatic rings. The number of nitrogens with one attached hydrogen (secondary N) is 2. The number of H-pyrrole nitrogens is 1. The molecule has 0 saturated heterocycles. The molecule has 0 aliphatic carbocycles. The van der Waals surface area contributed by atoms with E-state index < -0.39 is 11.2 Å². The van der Waals surface area contributed by atoms with E-state index >= 15 is 0 Å². The smallest absolute Gasteiger partial charge is 0.260 e. The number of carbonyl (C=O) groups is 1. The number of ether oxygens (including phenoxy) is 1. The number of hydrogen-bond donors (Lipinski definition) is 3. The van der Waals surface area contributed by atoms with Gasteiger partial charge in [0, 0.05) is 16.8 Å². The lowest BCUT2D eigenvalue weighted by molar-refractivity contribution is -0.112. The Labute approximate surface area is 228 Å². The van der Waals surface area contributed by atoms with Gasteiger partial charge in [-0.05, 0) is 49.2 Å². The number of nitrogens with two attached hydrogens (primary N) is 1. The van der Waals surface area contributed by atoms with Crippen LogP contribution in [0.1, 0.15) is 22.2 Å². The van der Waals surface area contributed by atoms with Crippen molar-refractivity contribution >= 4 is 56.6 Å². The quantitative estimate of drug-likeness (QED) is 0.301. The van der Waals surface area contributed by atoms with Gasteiger partial charge in [0.15, 0.2) is 0 Å². The molecule has 0 saturated carbocycles. The number of thioether (sulfide) groups is 1. The SMILES string of the molecule is COc1cc(Cl)c(C)cc1NC(=O)C1=C(N)[C@@H](c2nc3ccccc3c(=O)[nH]2)SC1=Nc1ccccc1C. The topological polar surface area (TPSA) is 122 Å². The third-order valence-electron chi connectivity index (χ3n) is 6.19. The lowest BCUT2D eigenvalue weighted by atomic mass is 10.1. The summed E-state index contributed by atoms with van der Waals surface area (Å²) in [5.74, 6) is 0.289. The van der Waals surface area contributed by atoms with Crippen molar-refractivity contribution in [2.24, 2.45) is 10.7 Å². The third kappa shape index (κ3) is 4.78. The third-order valence-corrected chi connectivity index (χ3v) is 7.83. The van der Waals surface area contributed by atoms with Crippen LogP contribution in [-0.4, -0.2) is 28.0 Å². The number of aryl methyl sites for hydroxylation is 2. The molecule has 192 valence electrons. The summed E-state index contributed by atoms with van der Waals surface area (Å²) < 4.78 is 5.42. The maximum absolute atomic E-state index is 13.7. The predicted molar refractivity (Wildman–Crippen MR) is 154 cm³/mol. The summed E-state index contributed by atoms with van der Waals surface area (Å²) in [4.78, 5) is 38.8. The van der Waals surface area contributed by atoms with E-state index in [1.807, 2.05) is 44.2 Å². The van der Waals surface area contributed by atoms with Crippen molar-refractivity contribution in [3.8, 4) is 5.75 Å². The fourth-order valence-corrected chi connectivity index (χ4v) is 5.47. The Bertz CT molecular complexity index is 1710. The van der Waals surface area contributed by atoms with Gasteiger partial charge in [0.1, 0.15) is 21.9 Å². The number of amides is 1. The van der Waals surface area contributed by atoms with Crippen LogP contribution in [0.2, 0.25) is 5.02 Å². The van der Waals surface area contributed by atoms with Gasteiger partial charge >= 0.3 is 0 Å². The summed E-state index contributed by atoms with van der Waals surface area (Å²) in [5, 5.41) is 3.68. The van der Waals surface area contributed by atoms with Crippen molar-refractivity contribution in [3.05, 3.63) is 104 Å². The Hall–Kier alpha value is -4.08. The maximum atomic E-state index is 13.7. The van der Waals surface area contributed by atoms with Gasteiger partial charge < -0.3 is 20.8 Å². The zero-order chi connectivity index (χ0) is 27.0. The highest BCUT2D eigenvalue weighted by Gasteiger charge is 2.37. The number of nitrogens with zero attached hydrogens (tertiary/aromatic N) is 2. The van der Waals surface area contributed by atoms with Crippen molar-refractivity contribution in [2.45, 2.75) is 19.1 Å². The lowest BCUT2D eigenvalue weighted by Gasteiger charge is -2.13. The number of aliphatic imine (C=N–C) groups is 1. The van der Waals surface area contributed by atoms with Gasteiger partial charge in [-0.3, -0.25) is 9.59 Å². The molecule has 0 radical (unpaired) electrons. The van der Waals surface area contributed by atoms with Crippen LogP contribution < -0.4 is 21.3 Å². The van der Waals surface area contributed by atoms with Crippen molar-refractivity contribution in [1.82, 2.24) is 9.97 Å². The normalized spacial score (nSPS) is 16.3. The molecule has 38 heavy (non-hydrogen) atoms. The summed E-state index contributed by atoms with van der Waals surface area (Å²) in [7, 11) is 1.50. The van der Waals surface area contributed by atoms with E-state index in [0.29, 0.717) is 43.9 Å². The van der Waals surface area contributed by atoms with E-state index in [1.165, 1.54) is 18.9 Å². The fraction of sp³-hybridized carbons (Fsp3) is 0.143. The van der Waals surface area contributed by atoms with Crippen molar-refractivity contribution < 1.29 is 9.53 Å². The highest BCUT2D eigenvalue weighted by atomic mass is 35.5. The average Bonchev–Trinajstić information content (AvgIpc) is 3.23. The molecule has 1 aromatic heterocycles. The van der Waals surface area contributed by atoms with E-state index in [-0.39, 0.29) is 16.8 Å². The second-order valence-corrected chi connectivity index (χ2v) is 10.3. The zero-order valence-corrected chi connectivity index (χ0v) is 22.4. The van der Waals surface area contributed by atoms with Gasteiger partial charge in [0.05, 0.1) is 35.0 Å². The van der Waals surface area contributed by atoms with E-state index in [1.54, 1.807) is 30.3 Å². The van der Waals surface area contributed by atoms with Crippen molar-refractivity contribution in [3.63, 3.8) is 0 Å². The van der Waals surface area contributed by atoms with Crippen LogP contribution in [0, 0.1) is 13.8 Å². The second kappa shape index (κ2) is 10.4. The largest absolute Gasteiger partial charge is 0.495 e. The number of benzene rings is 3. The van der Waals surface area contributed by atoms with Gasteiger partial charge in [0.2, 0.25) is 0 Å². The van der Waals surface area contributed by atoms with Gasteiger partial charge in [-0.25, -0.2) is 9.98 Å². The fourth-order valence-electron chi connectivity index (χ4n) is 4.14. The molecule has 0 fully saturated rings. The number of methoxy groups -OCH3 is 1. The number of fused-ring (bicyclic) bond motifs is 1. The van der Waals surface area contributed by atoms with Crippen LogP contribution in [0.25, 0.3) is 10.9 Å². The first-order chi connectivity index (χ1) is 18.3. The summed E-state index contributed by atoms with van der Waals surface area (Å²) >= 11 is 7.50. The number of rotatable bonds is 5. The van der Waals surface area contributed by atoms with E-state index in [2.05, 4.69) is 15.3 Å². The summed E-state index contributed by atoms with van der Waals surface area (Å²) in [6.45, 7) is 3.77. The highest BCUT2D eigenvalue weighted by Crippen LogP contribution is 2.44. The summed E-state index contributed by atoms with van der Waals surface area (Å²) in [6, 6.07) is 18.0. The lowest BCUT2D eigenvalue weighted by Crippen LogP contribution is -2.21. The molecule has 3 aromatic carbocycles. The Morgan fingerprint density at radius 2 is 1.87 bits per heavy atom. The van der Waals surface area contributed by atoms with Gasteiger partial charge in [0.25, 0.3) is 11.5 Å². The molecule has 1 aliphatic heterocycles. The molecule has 1 aliphatic rings. The molecule has 1 atom stereocenters. The Kier molecular flexibility index (Phi) is 6.96. The molecule has 0 spiro atoms. The monoisotopic (exact) mass is 545 g/mol. The van der Waals surface area contributed by atoms with Crippen LogP contribution >= 0.6 is 23.4 Å². The van der Waals surface area contributed by atoms with E-state index in [9.17, 15) is 9.59 Å². The second-order valence-electron chi connectivity index (χ2n) is 8.76. The number of aromatic amines is 1. The number of halogens is 1. The number of hydrogen-bond acceptors (Lipinski definition) is 7. The highest BCUT2D eigenvalue weighted by molar-refractivity contribution is 8.15. The molecule has 5 rings (SSSR count). The van der Waals surface area contributed by atoms with E-state index in [0.717, 1.165) is 11.1 Å². The number of anilines is 1. The summed E-state index contributed by atoms with van der Waals surface area (Å²) in [5.41, 5.74) is 10.2. The van der Waals surface area contributed by atoms with Gasteiger partial charge in [-0.2, -0.15) is 0 Å². The minimum absolute atomic E-state index is 0.203. The summed E-state index contributed by atoms with van der Waals surface area (Å²) in [6.07, 6.45) is 0. The van der Waals surface area contributed by atoms with Crippen LogP contribution in [0.3, 0.4) is 0 Å². The molecular weight excluding hydrogens is 522 g/mol. The minimum Gasteiger partial charge on any atom is -0.495 e. The molecular formula is C28H24ClN5O3S. The van der Waals surface area contributed by atoms with Crippen LogP contribution in [-0.2, 0) is 4.79 Å². The Morgan fingerprint density at radius 3 is 2.63 bits per heavy atom. The van der Waals surface area contributed by atoms with Crippen LogP contribution in [0.5, 0.6) is 5.75 Å². The molecule has 2 heterocycles. The molecule has 8 nitrogen and oxygen atoms in total. The van der Waals surface area contributed by atoms with Gasteiger partial charge in [-0.1, -0.05) is 53.7 Å². The minimum atomic E-state index is -0.621. The molecule has 10 heteroatoms. The number of para-hydroxylation sites is 2. The molecule has 0 bridgehead atoms. The Morgan fingerprint density at radius 1 is 1.13 bits per heavy atom. The average molecular weight is 546 g/mol. The molecule has 0 unspecified atom stereocenters. The van der Waals surface area contributed by atoms with Crippen LogP contribution in [0.4, 0.5) is 11.4 Å². The van der Waals surface area contributed by atoms with Gasteiger partial charge in [-0.15, -0.1) is 0 Å². The predicted octanol–water partition coefficient (Wildman–Crippen LogP) is 5.57. The Balaban J connectivity index is 1.62. The zero-order valence-electron chi connectivity index (χ0n) is 20.8. The molecule has 4 N–H and O–H groups in total. The molecule has 1 amide bonds.